The van der Waals surface area contributed by atoms with Gasteiger partial charge in [0, 0.05) is 38.1 Å². The molecular weight excluding hydrogens is 907 g/mol. The Bertz CT molecular complexity index is 1830. The molecule has 3 heterocycles. The normalized spacial score (nSPS) is 42.3. The summed E-state index contributed by atoms with van der Waals surface area (Å²) in [5.74, 6) is -3.10. The third kappa shape index (κ3) is 13.3. The molecule has 0 bridgehead atoms. The number of methoxy groups -OCH3 is 1. The summed E-state index contributed by atoms with van der Waals surface area (Å²) in [4.78, 5) is 18.2. The van der Waals surface area contributed by atoms with E-state index in [1.54, 1.807) is 55.5 Å². The highest BCUT2D eigenvalue weighted by atomic mass is 35.5. The van der Waals surface area contributed by atoms with E-state index in [2.05, 4.69) is 0 Å². The third-order valence-corrected chi connectivity index (χ3v) is 16.8. The van der Waals surface area contributed by atoms with Crippen molar-refractivity contribution in [1.29, 1.82) is 0 Å². The van der Waals surface area contributed by atoms with Gasteiger partial charge in [0.25, 0.3) is 0 Å². The molecule has 16 nitrogen and oxygen atoms in total. The number of aliphatic hydroxyl groups is 5. The Hall–Kier alpha value is -1.26. The molecule has 65 heavy (non-hydrogen) atoms. The van der Waals surface area contributed by atoms with Gasteiger partial charge in [-0.05, 0) is 119 Å². The highest BCUT2D eigenvalue weighted by molar-refractivity contribution is 7.91. The fraction of sp³-hybridized carbons (Fsp3) is 0.848. The second kappa shape index (κ2) is 22.7. The number of halogens is 2. The van der Waals surface area contributed by atoms with E-state index in [-0.39, 0.29) is 52.3 Å². The zero-order valence-electron chi connectivity index (χ0n) is 40.5. The summed E-state index contributed by atoms with van der Waals surface area (Å²) in [5, 5.41) is 59.7. The number of esters is 1. The van der Waals surface area contributed by atoms with Crippen molar-refractivity contribution in [2.24, 2.45) is 17.8 Å². The maximum Gasteiger partial charge on any atom is 0.311 e. The molecule has 0 aromatic heterocycles. The Morgan fingerprint density at radius 2 is 1.60 bits per heavy atom. The maximum atomic E-state index is 14.4. The van der Waals surface area contributed by atoms with E-state index >= 15 is 0 Å². The molecule has 3 aliphatic rings. The van der Waals surface area contributed by atoms with E-state index in [4.69, 9.17) is 51.6 Å². The van der Waals surface area contributed by atoms with Gasteiger partial charge in [0.2, 0.25) is 0 Å². The summed E-state index contributed by atoms with van der Waals surface area (Å²) in [7, 11) is 1.39. The molecule has 0 radical (unpaired) electrons. The molecule has 0 spiro atoms. The highest BCUT2D eigenvalue weighted by Gasteiger charge is 2.53. The summed E-state index contributed by atoms with van der Waals surface area (Å²) in [6.07, 6.45) is -9.45. The molecule has 0 amide bonds. The number of carbonyl (C=O) groups excluding carboxylic acids is 1. The second-order valence-corrected chi connectivity index (χ2v) is 22.9. The lowest BCUT2D eigenvalue weighted by molar-refractivity contribution is -0.318. The lowest BCUT2D eigenvalue weighted by atomic mass is 9.77. The molecule has 5 N–H and O–H groups in total. The van der Waals surface area contributed by atoms with Gasteiger partial charge in [0.1, 0.15) is 30.0 Å². The Balaban J connectivity index is 1.72. The molecule has 1 aromatic carbocycles. The van der Waals surface area contributed by atoms with Crippen molar-refractivity contribution in [1.82, 2.24) is 9.80 Å². The van der Waals surface area contributed by atoms with Crippen LogP contribution in [0.2, 0.25) is 10.0 Å². The number of ether oxygens (including phenoxy) is 6. The lowest BCUT2D eigenvalue weighted by Crippen LogP contribution is -2.61. The van der Waals surface area contributed by atoms with Crippen LogP contribution >= 0.6 is 23.2 Å². The Labute approximate surface area is 397 Å². The first kappa shape index (κ1) is 56.3. The minimum absolute atomic E-state index is 0.0625. The lowest BCUT2D eigenvalue weighted by Gasteiger charge is -2.49. The molecule has 18 atom stereocenters. The highest BCUT2D eigenvalue weighted by Crippen LogP contribution is 2.40. The number of likely N-dealkylation sites (N-methyl/N-ethyl adjacent to an activating group) is 2. The predicted octanol–water partition coefficient (Wildman–Crippen LogP) is 4.44. The molecule has 1 aromatic rings. The van der Waals surface area contributed by atoms with Gasteiger partial charge in [0.05, 0.1) is 62.2 Å². The minimum atomic E-state index is -3.70. The molecule has 376 valence electrons. The number of nitrogens with zero attached hydrogens (tertiary/aromatic N) is 2. The Kier molecular flexibility index (Phi) is 19.6. The number of sulfone groups is 1. The number of hydrogen-bond acceptors (Lipinski definition) is 16. The number of aliphatic hydroxyl groups excluding tert-OH is 3. The van der Waals surface area contributed by atoms with Crippen molar-refractivity contribution in [3.05, 3.63) is 28.2 Å². The maximum absolute atomic E-state index is 14.4. The van der Waals surface area contributed by atoms with Crippen LogP contribution in [0.4, 0.5) is 0 Å². The molecular formula is C46H78Cl2N2O14S. The van der Waals surface area contributed by atoms with Gasteiger partial charge in [0.15, 0.2) is 22.4 Å². The van der Waals surface area contributed by atoms with E-state index in [9.17, 15) is 38.7 Å². The van der Waals surface area contributed by atoms with Crippen molar-refractivity contribution in [3.8, 4) is 0 Å². The first-order valence-electron chi connectivity index (χ1n) is 23.0. The SMILES string of the molecule is CC[C@H]1OC(=O)[C@H](C)[C@@H](O[C@H]2C[C@@](C)(OC)[C@@H](O)[C@H](C)O2)[C@H](C)[C@@H](O[C@@H]2O[C@H](C)C[C@H](N(C)CCCS(=O)(=O)c3ccc(Cl)c(Cl)c3)[C@H]2O)[C@](C)(O)C[C@@H](C)CN(C)[C@H](C)[C@@H](O)[C@]1(C)O. The molecule has 3 fully saturated rings. The summed E-state index contributed by atoms with van der Waals surface area (Å²) < 4.78 is 64.3. The van der Waals surface area contributed by atoms with Crippen LogP contribution in [0, 0.1) is 17.8 Å². The molecule has 3 aliphatic heterocycles. The van der Waals surface area contributed by atoms with E-state index in [1.807, 2.05) is 30.7 Å². The molecule has 0 aliphatic carbocycles. The average molecular weight is 986 g/mol. The fourth-order valence-corrected chi connectivity index (χ4v) is 11.8. The quantitative estimate of drug-likeness (QED) is 0.183. The molecule has 0 saturated carbocycles. The van der Waals surface area contributed by atoms with Crippen LogP contribution in [-0.4, -0.2) is 180 Å². The average Bonchev–Trinajstić information content (AvgIpc) is 3.22. The van der Waals surface area contributed by atoms with E-state index < -0.39 is 118 Å². The monoisotopic (exact) mass is 984 g/mol. The summed E-state index contributed by atoms with van der Waals surface area (Å²) in [6, 6.07) is 3.05. The first-order chi connectivity index (χ1) is 30.0. The van der Waals surface area contributed by atoms with E-state index in [1.165, 1.54) is 32.2 Å². The number of rotatable bonds is 12. The zero-order valence-corrected chi connectivity index (χ0v) is 42.8. The van der Waals surface area contributed by atoms with Crippen LogP contribution in [0.15, 0.2) is 23.1 Å². The van der Waals surface area contributed by atoms with Crippen molar-refractivity contribution in [2.45, 2.75) is 197 Å². The number of benzene rings is 1. The second-order valence-electron chi connectivity index (χ2n) is 19.9. The third-order valence-electron chi connectivity index (χ3n) is 14.3. The standard InChI is InChI=1S/C46H78Cl2N2O14S/c1-14-35-46(10,56)39(52)29(6)50(12)24-25(2)22-44(8,55)41(27(4)38(28(5)42(54)62-35)63-36-23-45(9,59-13)40(53)30(7)61-36)64-43-37(51)34(20-26(3)60-43)49(11)18-15-19-65(57,58)31-16-17-32(47)33(48)21-31/h16-17,21,25-30,34-41,43,51-53,55-56H,14-15,18-20,22-24H2,1-13H3/t25-,26-,27+,28-,29-,30+,34+,35-,36+,37-,38+,39-,40+,41-,43+,44-,45-,46-/m1/s1. The number of cyclic esters (lactones) is 1. The van der Waals surface area contributed by atoms with Gasteiger partial charge in [-0.15, -0.1) is 0 Å². The molecule has 0 unspecified atom stereocenters. The molecule has 19 heteroatoms. The van der Waals surface area contributed by atoms with Gasteiger partial charge in [-0.25, -0.2) is 8.42 Å². The molecule has 3 saturated heterocycles. The van der Waals surface area contributed by atoms with Crippen LogP contribution in [0.5, 0.6) is 0 Å². The van der Waals surface area contributed by atoms with E-state index in [0.29, 0.717) is 19.5 Å². The topological polar surface area (TPSA) is 214 Å². The van der Waals surface area contributed by atoms with E-state index in [0.717, 1.165) is 0 Å². The minimum Gasteiger partial charge on any atom is -0.459 e. The van der Waals surface area contributed by atoms with Crippen LogP contribution < -0.4 is 0 Å². The van der Waals surface area contributed by atoms with Crippen LogP contribution in [0.3, 0.4) is 0 Å². The molecule has 4 rings (SSSR count). The fourth-order valence-electron chi connectivity index (χ4n) is 10.1. The largest absolute Gasteiger partial charge is 0.459 e. The summed E-state index contributed by atoms with van der Waals surface area (Å²) in [6.45, 7) is 17.9. The van der Waals surface area contributed by atoms with Crippen molar-refractivity contribution >= 4 is 39.0 Å². The summed E-state index contributed by atoms with van der Waals surface area (Å²) >= 11 is 12.1. The Morgan fingerprint density at radius 3 is 2.20 bits per heavy atom. The predicted molar refractivity (Wildman–Crippen MR) is 246 cm³/mol. The van der Waals surface area contributed by atoms with Crippen molar-refractivity contribution in [3.63, 3.8) is 0 Å². The zero-order chi connectivity index (χ0) is 49.1. The van der Waals surface area contributed by atoms with Crippen molar-refractivity contribution < 1.29 is 67.2 Å². The van der Waals surface area contributed by atoms with Gasteiger partial charge < -0.3 is 63.8 Å². The van der Waals surface area contributed by atoms with Crippen LogP contribution in [0.25, 0.3) is 0 Å². The number of carbonyl (C=O) groups is 1. The van der Waals surface area contributed by atoms with Gasteiger partial charge in [-0.1, -0.05) is 44.0 Å². The van der Waals surface area contributed by atoms with Crippen LogP contribution in [-0.2, 0) is 43.1 Å². The summed E-state index contributed by atoms with van der Waals surface area (Å²) in [5.41, 5.74) is -4.61. The first-order valence-corrected chi connectivity index (χ1v) is 25.4. The Morgan fingerprint density at radius 1 is 0.954 bits per heavy atom. The van der Waals surface area contributed by atoms with Crippen LogP contribution in [0.1, 0.15) is 101 Å². The number of hydrogen-bond donors (Lipinski definition) is 5. The van der Waals surface area contributed by atoms with Gasteiger partial charge in [-0.2, -0.15) is 0 Å². The van der Waals surface area contributed by atoms with Crippen molar-refractivity contribution in [2.75, 3.05) is 40.0 Å². The van der Waals surface area contributed by atoms with Gasteiger partial charge in [-0.3, -0.25) is 4.79 Å². The smallest absolute Gasteiger partial charge is 0.311 e. The van der Waals surface area contributed by atoms with Gasteiger partial charge >= 0.3 is 5.97 Å².